The van der Waals surface area contributed by atoms with Crippen molar-refractivity contribution in [2.45, 2.75) is 85.0 Å². The first-order valence-electron chi connectivity index (χ1n) is 11.1. The Balaban J connectivity index is 1.57. The standard InChI is InChI=1S/C23H41N/c1-16-8-9-20-18-11-13-23(3)17(15-24-4)6-5-7-21(23)19(18)10-12-22(20,2)14-16/h16-21,24H,5-15H2,1-4H3. The van der Waals surface area contributed by atoms with Gasteiger partial charge in [-0.05, 0) is 111 Å². The van der Waals surface area contributed by atoms with Crippen molar-refractivity contribution in [1.29, 1.82) is 0 Å². The van der Waals surface area contributed by atoms with E-state index in [1.54, 1.807) is 19.3 Å². The lowest BCUT2D eigenvalue weighted by Gasteiger charge is -2.63. The Bertz CT molecular complexity index is 457. The maximum Gasteiger partial charge on any atom is -0.00182 e. The third-order valence-electron chi connectivity index (χ3n) is 9.63. The molecule has 0 aromatic carbocycles. The van der Waals surface area contributed by atoms with Gasteiger partial charge in [0, 0.05) is 0 Å². The molecule has 8 atom stereocenters. The lowest BCUT2D eigenvalue weighted by atomic mass is 9.42. The van der Waals surface area contributed by atoms with Crippen molar-refractivity contribution in [3.05, 3.63) is 0 Å². The zero-order valence-electron chi connectivity index (χ0n) is 16.7. The van der Waals surface area contributed by atoms with E-state index in [9.17, 15) is 0 Å². The quantitative estimate of drug-likeness (QED) is 0.665. The van der Waals surface area contributed by atoms with Crippen LogP contribution in [0.4, 0.5) is 0 Å². The summed E-state index contributed by atoms with van der Waals surface area (Å²) in [6, 6.07) is 0. The Kier molecular flexibility index (Phi) is 4.55. The van der Waals surface area contributed by atoms with Crippen molar-refractivity contribution in [2.75, 3.05) is 13.6 Å². The Morgan fingerprint density at radius 3 is 2.42 bits per heavy atom. The van der Waals surface area contributed by atoms with Gasteiger partial charge in [0.2, 0.25) is 0 Å². The van der Waals surface area contributed by atoms with Gasteiger partial charge in [-0.1, -0.05) is 33.6 Å². The molecule has 1 nitrogen and oxygen atoms in total. The van der Waals surface area contributed by atoms with E-state index >= 15 is 0 Å². The Labute approximate surface area is 150 Å². The van der Waals surface area contributed by atoms with Crippen LogP contribution in [0.5, 0.6) is 0 Å². The second kappa shape index (κ2) is 6.29. The summed E-state index contributed by atoms with van der Waals surface area (Å²) in [5, 5.41) is 3.52. The van der Waals surface area contributed by atoms with Gasteiger partial charge >= 0.3 is 0 Å². The average molecular weight is 332 g/mol. The monoisotopic (exact) mass is 331 g/mol. The average Bonchev–Trinajstić information content (AvgIpc) is 2.54. The highest BCUT2D eigenvalue weighted by molar-refractivity contribution is 5.07. The van der Waals surface area contributed by atoms with Crippen LogP contribution in [-0.4, -0.2) is 13.6 Å². The maximum atomic E-state index is 3.52. The summed E-state index contributed by atoms with van der Waals surface area (Å²) in [6.07, 6.45) is 15.2. The van der Waals surface area contributed by atoms with E-state index < -0.39 is 0 Å². The van der Waals surface area contributed by atoms with Gasteiger partial charge in [0.25, 0.3) is 0 Å². The molecule has 0 spiro atoms. The van der Waals surface area contributed by atoms with E-state index in [4.69, 9.17) is 0 Å². The summed E-state index contributed by atoms with van der Waals surface area (Å²) in [5.41, 5.74) is 1.32. The molecule has 0 bridgehead atoms. The van der Waals surface area contributed by atoms with E-state index in [0.717, 1.165) is 35.5 Å². The zero-order valence-corrected chi connectivity index (χ0v) is 16.7. The molecule has 1 heteroatoms. The predicted molar refractivity (Wildman–Crippen MR) is 103 cm³/mol. The number of rotatable bonds is 2. The summed E-state index contributed by atoms with van der Waals surface area (Å²) >= 11 is 0. The van der Waals surface area contributed by atoms with Crippen LogP contribution in [0.1, 0.15) is 85.0 Å². The van der Waals surface area contributed by atoms with E-state index in [1.165, 1.54) is 51.5 Å². The summed E-state index contributed by atoms with van der Waals surface area (Å²) < 4.78 is 0. The maximum absolute atomic E-state index is 3.52. The molecular formula is C23H41N. The molecule has 4 aliphatic rings. The molecule has 4 saturated carbocycles. The molecule has 8 unspecified atom stereocenters. The first kappa shape index (κ1) is 17.4. The van der Waals surface area contributed by atoms with Gasteiger partial charge < -0.3 is 5.32 Å². The molecule has 0 heterocycles. The number of fused-ring (bicyclic) bond motifs is 5. The highest BCUT2D eigenvalue weighted by Crippen LogP contribution is 2.65. The van der Waals surface area contributed by atoms with E-state index in [2.05, 4.69) is 33.1 Å². The van der Waals surface area contributed by atoms with Gasteiger partial charge in [-0.15, -0.1) is 0 Å². The molecule has 138 valence electrons. The van der Waals surface area contributed by atoms with E-state index in [0.29, 0.717) is 10.8 Å². The molecule has 0 amide bonds. The minimum absolute atomic E-state index is 0.637. The number of hydrogen-bond donors (Lipinski definition) is 1. The van der Waals surface area contributed by atoms with Crippen molar-refractivity contribution in [3.8, 4) is 0 Å². The summed E-state index contributed by atoms with van der Waals surface area (Å²) in [5.74, 6) is 6.14. The van der Waals surface area contributed by atoms with Crippen LogP contribution >= 0.6 is 0 Å². The summed E-state index contributed by atoms with van der Waals surface area (Å²) in [6.45, 7) is 9.12. The fourth-order valence-corrected chi connectivity index (χ4v) is 8.50. The molecule has 4 rings (SSSR count). The van der Waals surface area contributed by atoms with E-state index in [1.807, 2.05) is 0 Å². The highest BCUT2D eigenvalue weighted by atomic mass is 14.8. The molecule has 4 aliphatic carbocycles. The third kappa shape index (κ3) is 2.60. The van der Waals surface area contributed by atoms with Gasteiger partial charge in [-0.2, -0.15) is 0 Å². The van der Waals surface area contributed by atoms with Crippen LogP contribution in [0.15, 0.2) is 0 Å². The molecule has 0 saturated heterocycles. The molecule has 0 aromatic rings. The highest BCUT2D eigenvalue weighted by Gasteiger charge is 2.57. The molecule has 0 aliphatic heterocycles. The number of nitrogens with one attached hydrogen (secondary N) is 1. The second-order valence-electron chi connectivity index (χ2n) is 10.9. The van der Waals surface area contributed by atoms with Crippen molar-refractivity contribution >= 4 is 0 Å². The summed E-state index contributed by atoms with van der Waals surface area (Å²) in [4.78, 5) is 0. The van der Waals surface area contributed by atoms with Gasteiger partial charge in [-0.25, -0.2) is 0 Å². The lowest BCUT2D eigenvalue weighted by Crippen LogP contribution is -2.55. The minimum Gasteiger partial charge on any atom is -0.319 e. The zero-order chi connectivity index (χ0) is 16.9. The van der Waals surface area contributed by atoms with Crippen molar-refractivity contribution in [2.24, 2.45) is 46.3 Å². The Morgan fingerprint density at radius 2 is 1.62 bits per heavy atom. The van der Waals surface area contributed by atoms with E-state index in [-0.39, 0.29) is 0 Å². The van der Waals surface area contributed by atoms with Crippen molar-refractivity contribution < 1.29 is 0 Å². The smallest absolute Gasteiger partial charge is 0.00182 e. The fourth-order valence-electron chi connectivity index (χ4n) is 8.50. The van der Waals surface area contributed by atoms with Gasteiger partial charge in [0.15, 0.2) is 0 Å². The first-order valence-corrected chi connectivity index (χ1v) is 11.1. The second-order valence-corrected chi connectivity index (χ2v) is 10.9. The van der Waals surface area contributed by atoms with Gasteiger partial charge in [0.1, 0.15) is 0 Å². The number of hydrogen-bond acceptors (Lipinski definition) is 1. The van der Waals surface area contributed by atoms with Crippen LogP contribution in [0.25, 0.3) is 0 Å². The minimum atomic E-state index is 0.637. The van der Waals surface area contributed by atoms with Gasteiger partial charge in [0.05, 0.1) is 0 Å². The fraction of sp³-hybridized carbons (Fsp3) is 1.00. The molecule has 0 aromatic heterocycles. The molecule has 1 N–H and O–H groups in total. The van der Waals surface area contributed by atoms with Crippen LogP contribution < -0.4 is 5.32 Å². The van der Waals surface area contributed by atoms with Crippen LogP contribution in [0.2, 0.25) is 0 Å². The van der Waals surface area contributed by atoms with Crippen LogP contribution in [0.3, 0.4) is 0 Å². The first-order chi connectivity index (χ1) is 11.5. The molecule has 0 radical (unpaired) electrons. The topological polar surface area (TPSA) is 12.0 Å². The lowest BCUT2D eigenvalue weighted by molar-refractivity contribution is -0.132. The SMILES string of the molecule is CNCC1CCCC2C3CCC4(C)CC(C)CCC4C3CCC12C. The largest absolute Gasteiger partial charge is 0.319 e. The molecule has 24 heavy (non-hydrogen) atoms. The van der Waals surface area contributed by atoms with Crippen LogP contribution in [0, 0.1) is 46.3 Å². The molecule has 4 fully saturated rings. The predicted octanol–water partition coefficient (Wildman–Crippen LogP) is 5.89. The summed E-state index contributed by atoms with van der Waals surface area (Å²) in [7, 11) is 2.16. The van der Waals surface area contributed by atoms with Crippen molar-refractivity contribution in [1.82, 2.24) is 5.32 Å². The normalized spacial score (nSPS) is 54.5. The Hall–Kier alpha value is -0.0400. The Morgan fingerprint density at radius 1 is 0.875 bits per heavy atom. The van der Waals surface area contributed by atoms with Gasteiger partial charge in [-0.3, -0.25) is 0 Å². The molecular weight excluding hydrogens is 290 g/mol. The van der Waals surface area contributed by atoms with Crippen LogP contribution in [-0.2, 0) is 0 Å². The van der Waals surface area contributed by atoms with Crippen molar-refractivity contribution in [3.63, 3.8) is 0 Å². The third-order valence-corrected chi connectivity index (χ3v) is 9.63.